The normalized spacial score (nSPS) is 19.1. The highest BCUT2D eigenvalue weighted by molar-refractivity contribution is 8.01. The van der Waals surface area contributed by atoms with Crippen molar-refractivity contribution in [2.24, 2.45) is 0 Å². The fourth-order valence-electron chi connectivity index (χ4n) is 2.00. The largest absolute Gasteiger partial charge is 0.334 e. The summed E-state index contributed by atoms with van der Waals surface area (Å²) in [6.45, 7) is 1.09. The van der Waals surface area contributed by atoms with E-state index in [9.17, 15) is 0 Å². The van der Waals surface area contributed by atoms with Gasteiger partial charge in [-0.2, -0.15) is 0 Å². The molecule has 66 valence electrons. The molecule has 1 aromatic rings. The fraction of sp³-hybridized carbons (Fsp3) is 0.300. The lowest BCUT2D eigenvalue weighted by molar-refractivity contribution is 1.02. The number of anilines is 1. The molecule has 1 nitrogen and oxygen atoms in total. The first-order valence-electron chi connectivity index (χ1n) is 4.41. The van der Waals surface area contributed by atoms with Crippen molar-refractivity contribution in [2.45, 2.75) is 11.3 Å². The molecule has 0 aliphatic carbocycles. The standard InChI is InChI=1S/C10H9NS2/c12-9-6-13-8-3-1-2-7-4-5-11(9)10(7)8/h1-3H,4-6H2. The third-order valence-electron chi connectivity index (χ3n) is 2.61. The first kappa shape index (κ1) is 7.83. The second-order valence-electron chi connectivity index (χ2n) is 3.35. The monoisotopic (exact) mass is 207 g/mol. The van der Waals surface area contributed by atoms with Gasteiger partial charge in [-0.15, -0.1) is 11.8 Å². The van der Waals surface area contributed by atoms with Gasteiger partial charge in [0.05, 0.1) is 10.7 Å². The van der Waals surface area contributed by atoms with E-state index in [0.29, 0.717) is 0 Å². The molecule has 1 aromatic carbocycles. The van der Waals surface area contributed by atoms with Gasteiger partial charge in [-0.05, 0) is 18.1 Å². The van der Waals surface area contributed by atoms with Gasteiger partial charge >= 0.3 is 0 Å². The first-order chi connectivity index (χ1) is 6.36. The van der Waals surface area contributed by atoms with Gasteiger partial charge < -0.3 is 4.90 Å². The topological polar surface area (TPSA) is 3.24 Å². The van der Waals surface area contributed by atoms with E-state index in [-0.39, 0.29) is 0 Å². The molecule has 0 saturated heterocycles. The van der Waals surface area contributed by atoms with E-state index < -0.39 is 0 Å². The van der Waals surface area contributed by atoms with Crippen molar-refractivity contribution in [1.82, 2.24) is 0 Å². The lowest BCUT2D eigenvalue weighted by atomic mass is 10.2. The highest BCUT2D eigenvalue weighted by atomic mass is 32.2. The van der Waals surface area contributed by atoms with Crippen LogP contribution in [0.4, 0.5) is 5.69 Å². The lowest BCUT2D eigenvalue weighted by Crippen LogP contribution is -2.31. The highest BCUT2D eigenvalue weighted by Crippen LogP contribution is 2.41. The Labute approximate surface area is 87.1 Å². The van der Waals surface area contributed by atoms with Gasteiger partial charge in [-0.1, -0.05) is 24.4 Å². The molecule has 3 rings (SSSR count). The second kappa shape index (κ2) is 2.72. The molecule has 0 spiro atoms. The van der Waals surface area contributed by atoms with E-state index >= 15 is 0 Å². The summed E-state index contributed by atoms with van der Waals surface area (Å²) in [5.41, 5.74) is 2.86. The van der Waals surface area contributed by atoms with Crippen molar-refractivity contribution in [3.63, 3.8) is 0 Å². The summed E-state index contributed by atoms with van der Waals surface area (Å²) in [6.07, 6.45) is 1.16. The van der Waals surface area contributed by atoms with Crippen LogP contribution in [0.2, 0.25) is 0 Å². The number of thiocarbonyl (C=S) groups is 1. The average molecular weight is 207 g/mol. The van der Waals surface area contributed by atoms with E-state index in [4.69, 9.17) is 12.2 Å². The summed E-state index contributed by atoms with van der Waals surface area (Å²) in [4.78, 5) is 4.81. The predicted octanol–water partition coefficient (Wildman–Crippen LogP) is 2.48. The molecular formula is C10H9NS2. The van der Waals surface area contributed by atoms with Gasteiger partial charge in [0.15, 0.2) is 0 Å². The van der Waals surface area contributed by atoms with Crippen LogP contribution in [0.25, 0.3) is 0 Å². The van der Waals surface area contributed by atoms with Crippen LogP contribution in [0, 0.1) is 0 Å². The average Bonchev–Trinajstić information content (AvgIpc) is 2.57. The van der Waals surface area contributed by atoms with Crippen LogP contribution in [0.5, 0.6) is 0 Å². The molecule has 13 heavy (non-hydrogen) atoms. The molecule has 0 radical (unpaired) electrons. The molecule has 2 heterocycles. The van der Waals surface area contributed by atoms with Crippen LogP contribution in [-0.4, -0.2) is 17.3 Å². The zero-order valence-electron chi connectivity index (χ0n) is 7.12. The Hall–Kier alpha value is -0.540. The molecule has 2 aliphatic heterocycles. The van der Waals surface area contributed by atoms with Gasteiger partial charge in [0.2, 0.25) is 0 Å². The maximum absolute atomic E-state index is 5.34. The molecule has 0 saturated carbocycles. The molecule has 0 unspecified atom stereocenters. The summed E-state index contributed by atoms with van der Waals surface area (Å²) in [5, 5.41) is 0. The molecule has 0 fully saturated rings. The van der Waals surface area contributed by atoms with Crippen molar-refractivity contribution in [2.75, 3.05) is 17.2 Å². The number of benzene rings is 1. The Morgan fingerprint density at radius 1 is 1.38 bits per heavy atom. The van der Waals surface area contributed by atoms with E-state index in [1.54, 1.807) is 0 Å². The number of hydrogen-bond acceptors (Lipinski definition) is 2. The molecule has 2 aliphatic rings. The maximum Gasteiger partial charge on any atom is 0.0928 e. The quantitative estimate of drug-likeness (QED) is 0.602. The van der Waals surface area contributed by atoms with Crippen molar-refractivity contribution in [3.8, 4) is 0 Å². The highest BCUT2D eigenvalue weighted by Gasteiger charge is 2.28. The maximum atomic E-state index is 5.34. The van der Waals surface area contributed by atoms with E-state index in [1.165, 1.54) is 16.1 Å². The number of rotatable bonds is 0. The van der Waals surface area contributed by atoms with Crippen LogP contribution in [0.3, 0.4) is 0 Å². The van der Waals surface area contributed by atoms with E-state index in [0.717, 1.165) is 23.7 Å². The van der Waals surface area contributed by atoms with Gasteiger partial charge in [0.1, 0.15) is 0 Å². The molecular weight excluding hydrogens is 198 g/mol. The summed E-state index contributed by atoms with van der Waals surface area (Å²) < 4.78 is 0. The van der Waals surface area contributed by atoms with Crippen LogP contribution in [0.1, 0.15) is 5.56 Å². The zero-order chi connectivity index (χ0) is 8.84. The zero-order valence-corrected chi connectivity index (χ0v) is 8.75. The van der Waals surface area contributed by atoms with Crippen molar-refractivity contribution < 1.29 is 0 Å². The van der Waals surface area contributed by atoms with Gasteiger partial charge in [0, 0.05) is 17.2 Å². The second-order valence-corrected chi connectivity index (χ2v) is 4.84. The SMILES string of the molecule is S=C1CSc2cccc3c2N1CC3. The molecule has 0 N–H and O–H groups in total. The predicted molar refractivity (Wildman–Crippen MR) is 60.8 cm³/mol. The molecule has 0 amide bonds. The lowest BCUT2D eigenvalue weighted by Gasteiger charge is -2.27. The van der Waals surface area contributed by atoms with Gasteiger partial charge in [0.25, 0.3) is 0 Å². The van der Waals surface area contributed by atoms with E-state index in [2.05, 4.69) is 23.1 Å². The number of para-hydroxylation sites is 1. The fourth-order valence-corrected chi connectivity index (χ4v) is 3.35. The third kappa shape index (κ3) is 1.04. The Kier molecular flexibility index (Phi) is 1.64. The van der Waals surface area contributed by atoms with Crippen molar-refractivity contribution >= 4 is 34.7 Å². The molecule has 0 atom stereocenters. The smallest absolute Gasteiger partial charge is 0.0928 e. The number of thioether (sulfide) groups is 1. The Morgan fingerprint density at radius 3 is 3.23 bits per heavy atom. The number of nitrogens with zero attached hydrogens (tertiary/aromatic N) is 1. The summed E-state index contributed by atoms with van der Waals surface area (Å²) in [6, 6.07) is 6.57. The van der Waals surface area contributed by atoms with Crippen LogP contribution < -0.4 is 4.90 Å². The minimum Gasteiger partial charge on any atom is -0.334 e. The van der Waals surface area contributed by atoms with Crippen molar-refractivity contribution in [3.05, 3.63) is 23.8 Å². The molecule has 0 bridgehead atoms. The summed E-state index contributed by atoms with van der Waals surface area (Å²) in [5.74, 6) is 0.978. The van der Waals surface area contributed by atoms with Gasteiger partial charge in [-0.3, -0.25) is 0 Å². The van der Waals surface area contributed by atoms with Crippen molar-refractivity contribution in [1.29, 1.82) is 0 Å². The number of hydrogen-bond donors (Lipinski definition) is 0. The summed E-state index contributed by atoms with van der Waals surface area (Å²) in [7, 11) is 0. The van der Waals surface area contributed by atoms with Gasteiger partial charge in [-0.25, -0.2) is 0 Å². The van der Waals surface area contributed by atoms with E-state index in [1.807, 2.05) is 11.8 Å². The minimum atomic E-state index is 0.978. The van der Waals surface area contributed by atoms with Crippen LogP contribution in [0.15, 0.2) is 23.1 Å². The Morgan fingerprint density at radius 2 is 2.31 bits per heavy atom. The molecule has 3 heteroatoms. The Bertz CT molecular complexity index is 387. The van der Waals surface area contributed by atoms with Crippen LogP contribution in [-0.2, 0) is 6.42 Å². The summed E-state index contributed by atoms with van der Waals surface area (Å²) >= 11 is 7.21. The minimum absolute atomic E-state index is 0.978. The first-order valence-corrected chi connectivity index (χ1v) is 5.81. The third-order valence-corrected chi connectivity index (χ3v) is 4.22. The molecule has 0 aromatic heterocycles. The van der Waals surface area contributed by atoms with Crippen LogP contribution >= 0.6 is 24.0 Å². The Balaban J connectivity index is 2.24.